The van der Waals surface area contributed by atoms with Crippen molar-refractivity contribution in [3.8, 4) is 6.07 Å². The van der Waals surface area contributed by atoms with Crippen LogP contribution in [-0.4, -0.2) is 22.4 Å². The standard InChI is InChI=1S/C21H17N5O/c22-12-16-5-4-15(13-25-16)10-14-6-8-24-20(11-14)26-21(27)18-2-1-3-19-17(18)7-9-23-19/h1-6,8,11,13,23H,7,9-10H2,(H,24,26,27). The second kappa shape index (κ2) is 7.26. The highest BCUT2D eigenvalue weighted by Crippen LogP contribution is 2.26. The largest absolute Gasteiger partial charge is 0.384 e. The molecule has 3 heterocycles. The van der Waals surface area contributed by atoms with Crippen LogP contribution in [0.3, 0.4) is 0 Å². The fourth-order valence-electron chi connectivity index (χ4n) is 3.22. The SMILES string of the molecule is N#Cc1ccc(Cc2ccnc(NC(=O)c3cccc4c3CCN4)c2)cn1. The zero-order chi connectivity index (χ0) is 18.6. The third-order valence-corrected chi connectivity index (χ3v) is 4.52. The Morgan fingerprint density at radius 1 is 1.19 bits per heavy atom. The number of benzene rings is 1. The molecule has 1 aliphatic rings. The molecule has 2 N–H and O–H groups in total. The molecule has 0 atom stereocenters. The summed E-state index contributed by atoms with van der Waals surface area (Å²) < 4.78 is 0. The van der Waals surface area contributed by atoms with E-state index in [-0.39, 0.29) is 5.91 Å². The molecule has 1 amide bonds. The number of hydrogen-bond donors (Lipinski definition) is 2. The number of amides is 1. The Balaban J connectivity index is 1.50. The normalized spacial score (nSPS) is 12.0. The van der Waals surface area contributed by atoms with Crippen molar-refractivity contribution in [1.82, 2.24) is 9.97 Å². The number of aromatic nitrogens is 2. The van der Waals surface area contributed by atoms with E-state index in [1.165, 1.54) is 0 Å². The van der Waals surface area contributed by atoms with Crippen LogP contribution < -0.4 is 10.6 Å². The third-order valence-electron chi connectivity index (χ3n) is 4.52. The van der Waals surface area contributed by atoms with E-state index in [4.69, 9.17) is 5.26 Å². The van der Waals surface area contributed by atoms with E-state index < -0.39 is 0 Å². The van der Waals surface area contributed by atoms with Crippen molar-refractivity contribution in [2.75, 3.05) is 17.2 Å². The first kappa shape index (κ1) is 16.7. The van der Waals surface area contributed by atoms with Gasteiger partial charge in [0.05, 0.1) is 0 Å². The molecule has 0 radical (unpaired) electrons. The minimum atomic E-state index is -0.153. The second-order valence-electron chi connectivity index (χ2n) is 6.35. The first-order valence-corrected chi connectivity index (χ1v) is 8.70. The first-order valence-electron chi connectivity index (χ1n) is 8.70. The monoisotopic (exact) mass is 355 g/mol. The average molecular weight is 355 g/mol. The molecule has 1 aromatic carbocycles. The number of hydrogen-bond acceptors (Lipinski definition) is 5. The van der Waals surface area contributed by atoms with Crippen LogP contribution in [-0.2, 0) is 12.8 Å². The van der Waals surface area contributed by atoms with E-state index in [0.29, 0.717) is 23.5 Å². The van der Waals surface area contributed by atoms with Gasteiger partial charge in [0.1, 0.15) is 17.6 Å². The molecule has 1 aliphatic heterocycles. The summed E-state index contributed by atoms with van der Waals surface area (Å²) in [6.45, 7) is 0.853. The molecule has 6 nitrogen and oxygen atoms in total. The van der Waals surface area contributed by atoms with Crippen LogP contribution in [0.4, 0.5) is 11.5 Å². The average Bonchev–Trinajstić information content (AvgIpc) is 3.17. The summed E-state index contributed by atoms with van der Waals surface area (Å²) in [7, 11) is 0. The van der Waals surface area contributed by atoms with Gasteiger partial charge in [-0.3, -0.25) is 4.79 Å². The van der Waals surface area contributed by atoms with Crippen molar-refractivity contribution in [3.63, 3.8) is 0 Å². The van der Waals surface area contributed by atoms with Gasteiger partial charge in [-0.1, -0.05) is 12.1 Å². The molecule has 0 unspecified atom stereocenters. The molecule has 2 aromatic heterocycles. The topological polar surface area (TPSA) is 90.7 Å². The lowest BCUT2D eigenvalue weighted by molar-refractivity contribution is 0.102. The van der Waals surface area contributed by atoms with E-state index in [0.717, 1.165) is 35.3 Å². The number of nitrogens with one attached hydrogen (secondary N) is 2. The van der Waals surface area contributed by atoms with Crippen molar-refractivity contribution < 1.29 is 4.79 Å². The number of carbonyl (C=O) groups is 1. The maximum atomic E-state index is 12.7. The summed E-state index contributed by atoms with van der Waals surface area (Å²) in [6.07, 6.45) is 4.86. The number of fused-ring (bicyclic) bond motifs is 1. The molecule has 0 bridgehead atoms. The Morgan fingerprint density at radius 3 is 2.93 bits per heavy atom. The highest BCUT2D eigenvalue weighted by molar-refractivity contribution is 6.06. The van der Waals surface area contributed by atoms with Gasteiger partial charge in [0.25, 0.3) is 5.91 Å². The zero-order valence-corrected chi connectivity index (χ0v) is 14.6. The van der Waals surface area contributed by atoms with Crippen molar-refractivity contribution in [3.05, 3.63) is 82.8 Å². The summed E-state index contributed by atoms with van der Waals surface area (Å²) in [5, 5.41) is 15.0. The lowest BCUT2D eigenvalue weighted by Crippen LogP contribution is -2.15. The van der Waals surface area contributed by atoms with Gasteiger partial charge in [0, 0.05) is 30.2 Å². The quantitative estimate of drug-likeness (QED) is 0.750. The van der Waals surface area contributed by atoms with E-state index in [9.17, 15) is 4.79 Å². The lowest BCUT2D eigenvalue weighted by Gasteiger charge is -2.09. The number of anilines is 2. The van der Waals surface area contributed by atoms with Crippen molar-refractivity contribution in [2.24, 2.45) is 0 Å². The molecule has 0 saturated heterocycles. The van der Waals surface area contributed by atoms with E-state index >= 15 is 0 Å². The van der Waals surface area contributed by atoms with Crippen molar-refractivity contribution in [2.45, 2.75) is 12.8 Å². The van der Waals surface area contributed by atoms with Crippen molar-refractivity contribution >= 4 is 17.4 Å². The Hall–Kier alpha value is -3.72. The lowest BCUT2D eigenvalue weighted by atomic mass is 10.0. The van der Waals surface area contributed by atoms with Gasteiger partial charge >= 0.3 is 0 Å². The van der Waals surface area contributed by atoms with Crippen LogP contribution in [0, 0.1) is 11.3 Å². The summed E-state index contributed by atoms with van der Waals surface area (Å²) in [4.78, 5) is 21.0. The maximum absolute atomic E-state index is 12.7. The summed E-state index contributed by atoms with van der Waals surface area (Å²) in [5.41, 5.74) is 5.15. The van der Waals surface area contributed by atoms with Crippen molar-refractivity contribution in [1.29, 1.82) is 5.26 Å². The van der Waals surface area contributed by atoms with Crippen LogP contribution >= 0.6 is 0 Å². The van der Waals surface area contributed by atoms with E-state index in [1.807, 2.05) is 42.5 Å². The highest BCUT2D eigenvalue weighted by Gasteiger charge is 2.18. The maximum Gasteiger partial charge on any atom is 0.257 e. The van der Waals surface area contributed by atoms with Crippen LogP contribution in [0.5, 0.6) is 0 Å². The molecular formula is C21H17N5O. The van der Waals surface area contributed by atoms with E-state index in [1.54, 1.807) is 18.5 Å². The third kappa shape index (κ3) is 3.62. The number of pyridine rings is 2. The molecule has 6 heteroatoms. The predicted octanol–water partition coefficient (Wildman–Crippen LogP) is 3.16. The van der Waals surface area contributed by atoms with Gasteiger partial charge < -0.3 is 10.6 Å². The minimum Gasteiger partial charge on any atom is -0.384 e. The first-order chi connectivity index (χ1) is 13.2. The predicted molar refractivity (Wildman–Crippen MR) is 103 cm³/mol. The molecule has 3 aromatic rings. The highest BCUT2D eigenvalue weighted by atomic mass is 16.1. The summed E-state index contributed by atoms with van der Waals surface area (Å²) in [5.74, 6) is 0.364. The van der Waals surface area contributed by atoms with Crippen LogP contribution in [0.25, 0.3) is 0 Å². The molecule has 27 heavy (non-hydrogen) atoms. The fraction of sp³-hybridized carbons (Fsp3) is 0.143. The second-order valence-corrected chi connectivity index (χ2v) is 6.35. The smallest absolute Gasteiger partial charge is 0.257 e. The van der Waals surface area contributed by atoms with Gasteiger partial charge in [-0.2, -0.15) is 5.26 Å². The Kier molecular flexibility index (Phi) is 4.50. The van der Waals surface area contributed by atoms with Gasteiger partial charge in [-0.25, -0.2) is 9.97 Å². The summed E-state index contributed by atoms with van der Waals surface area (Å²) in [6, 6.07) is 15.1. The molecule has 0 saturated carbocycles. The number of nitrogens with zero attached hydrogens (tertiary/aromatic N) is 3. The van der Waals surface area contributed by atoms with Crippen LogP contribution in [0.2, 0.25) is 0 Å². The Morgan fingerprint density at radius 2 is 2.11 bits per heavy atom. The number of nitriles is 1. The fourth-order valence-corrected chi connectivity index (χ4v) is 3.22. The minimum absolute atomic E-state index is 0.153. The van der Waals surface area contributed by atoms with Crippen LogP contribution in [0.1, 0.15) is 32.7 Å². The van der Waals surface area contributed by atoms with Gasteiger partial charge in [0.15, 0.2) is 0 Å². The molecule has 0 spiro atoms. The molecule has 132 valence electrons. The number of rotatable bonds is 4. The molecule has 4 rings (SSSR count). The molecular weight excluding hydrogens is 338 g/mol. The van der Waals surface area contributed by atoms with Gasteiger partial charge in [-0.05, 0) is 59.9 Å². The van der Waals surface area contributed by atoms with Gasteiger partial charge in [0.2, 0.25) is 0 Å². The Bertz CT molecular complexity index is 1040. The number of carbonyl (C=O) groups excluding carboxylic acids is 1. The molecule has 0 aliphatic carbocycles. The van der Waals surface area contributed by atoms with Gasteiger partial charge in [-0.15, -0.1) is 0 Å². The zero-order valence-electron chi connectivity index (χ0n) is 14.6. The molecule has 0 fully saturated rings. The van der Waals surface area contributed by atoms with Crippen LogP contribution in [0.15, 0.2) is 54.9 Å². The van der Waals surface area contributed by atoms with E-state index in [2.05, 4.69) is 20.6 Å². The Labute approximate surface area is 156 Å². The summed E-state index contributed by atoms with van der Waals surface area (Å²) >= 11 is 0.